The molecule has 0 saturated heterocycles. The molecule has 3 aromatic heterocycles. The second kappa shape index (κ2) is 8.07. The number of hydrogen-bond donors (Lipinski definition) is 0. The molecule has 0 aliphatic heterocycles. The number of aromatic nitrogens is 3. The Morgan fingerprint density at radius 3 is 2.33 bits per heavy atom. The molecule has 0 radical (unpaired) electrons. The topological polar surface area (TPSA) is 43.9 Å². The third-order valence-corrected chi connectivity index (χ3v) is 11.3. The molecule has 3 heterocycles. The molecule has 0 atom stereocenters. The van der Waals surface area contributed by atoms with E-state index in [2.05, 4.69) is 109 Å². The average Bonchev–Trinajstić information content (AvgIpc) is 3.41. The second-order valence-corrected chi connectivity index (χ2v) is 22.3. The first-order chi connectivity index (χ1) is 17.1. The third kappa shape index (κ3) is 3.75. The summed E-state index contributed by atoms with van der Waals surface area (Å²) in [6, 6.07) is 25.7. The van der Waals surface area contributed by atoms with E-state index in [4.69, 9.17) is 14.4 Å². The SMILES string of the molecule is CC(C)(C)c1cnc2c(c1)nc(-c1cccc3c1oc1c[c]([Ge]([CH3])([CH3])[CH3])ccc13)n2-c1ccccc1. The molecule has 0 amide bonds. The predicted octanol–water partition coefficient (Wildman–Crippen LogP) is 7.83. The second-order valence-electron chi connectivity index (χ2n) is 11.7. The number of imidazole rings is 1. The molecule has 6 rings (SSSR count). The van der Waals surface area contributed by atoms with Crippen LogP contribution in [0.1, 0.15) is 26.3 Å². The van der Waals surface area contributed by atoms with E-state index in [-0.39, 0.29) is 5.41 Å². The van der Waals surface area contributed by atoms with Crippen LogP contribution in [0.25, 0.3) is 50.2 Å². The molecular formula is C31H31GeN3O. The molecule has 5 heteroatoms. The van der Waals surface area contributed by atoms with Gasteiger partial charge in [-0.1, -0.05) is 20.8 Å². The molecule has 3 aromatic carbocycles. The Morgan fingerprint density at radius 1 is 0.833 bits per heavy atom. The number of rotatable bonds is 3. The van der Waals surface area contributed by atoms with Crippen LogP contribution in [-0.2, 0) is 5.41 Å². The standard InChI is InChI=1S/C31H31GeN3O/c1-31(2,3)20-17-26-30(33-19-20)35(22-11-8-7-9-12-22)29(34-26)25-14-10-13-24-23-16-15-21(32(4,5)6)18-27(23)36-28(24)25/h7-19H,1-6H3. The predicted molar refractivity (Wildman–Crippen MR) is 153 cm³/mol. The summed E-state index contributed by atoms with van der Waals surface area (Å²) < 4.78 is 10.2. The van der Waals surface area contributed by atoms with Gasteiger partial charge in [-0.15, -0.1) is 0 Å². The molecule has 0 bridgehead atoms. The monoisotopic (exact) mass is 535 g/mol. The zero-order chi connectivity index (χ0) is 25.2. The fourth-order valence-electron chi connectivity index (χ4n) is 4.82. The van der Waals surface area contributed by atoms with Crippen molar-refractivity contribution in [3.05, 3.63) is 84.6 Å². The van der Waals surface area contributed by atoms with E-state index in [0.29, 0.717) is 0 Å². The van der Waals surface area contributed by atoms with Crippen LogP contribution in [0, 0.1) is 0 Å². The van der Waals surface area contributed by atoms with Crippen molar-refractivity contribution in [1.82, 2.24) is 14.5 Å². The number of pyridine rings is 1. The number of nitrogens with zero attached hydrogens (tertiary/aromatic N) is 3. The van der Waals surface area contributed by atoms with Gasteiger partial charge in [-0.25, -0.2) is 0 Å². The summed E-state index contributed by atoms with van der Waals surface area (Å²) in [6.07, 6.45) is 1.98. The summed E-state index contributed by atoms with van der Waals surface area (Å²) >= 11 is -1.99. The van der Waals surface area contributed by atoms with Crippen LogP contribution >= 0.6 is 0 Å². The molecule has 180 valence electrons. The Morgan fingerprint density at radius 2 is 1.61 bits per heavy atom. The molecule has 0 saturated carbocycles. The van der Waals surface area contributed by atoms with Crippen LogP contribution in [0.15, 0.2) is 83.4 Å². The van der Waals surface area contributed by atoms with E-state index in [1.54, 1.807) is 0 Å². The van der Waals surface area contributed by atoms with Gasteiger partial charge in [0.2, 0.25) is 0 Å². The molecule has 0 spiro atoms. The van der Waals surface area contributed by atoms with Crippen molar-refractivity contribution in [3.8, 4) is 17.1 Å². The molecule has 0 aliphatic carbocycles. The first kappa shape index (κ1) is 23.0. The van der Waals surface area contributed by atoms with Gasteiger partial charge in [0.05, 0.1) is 0 Å². The van der Waals surface area contributed by atoms with Crippen molar-refractivity contribution in [1.29, 1.82) is 0 Å². The van der Waals surface area contributed by atoms with Crippen molar-refractivity contribution in [2.24, 2.45) is 0 Å². The fraction of sp³-hybridized carbons (Fsp3) is 0.226. The van der Waals surface area contributed by atoms with E-state index < -0.39 is 13.3 Å². The van der Waals surface area contributed by atoms with Crippen LogP contribution in [0.4, 0.5) is 0 Å². The zero-order valence-corrected chi connectivity index (χ0v) is 23.9. The first-order valence-corrected chi connectivity index (χ1v) is 19.9. The van der Waals surface area contributed by atoms with E-state index in [1.165, 1.54) is 9.96 Å². The first-order valence-electron chi connectivity index (χ1n) is 12.5. The van der Waals surface area contributed by atoms with E-state index >= 15 is 0 Å². The van der Waals surface area contributed by atoms with E-state index in [0.717, 1.165) is 50.2 Å². The van der Waals surface area contributed by atoms with E-state index in [1.807, 2.05) is 12.3 Å². The summed E-state index contributed by atoms with van der Waals surface area (Å²) in [6.45, 7) is 6.61. The van der Waals surface area contributed by atoms with Gasteiger partial charge in [0, 0.05) is 0 Å². The van der Waals surface area contributed by atoms with Gasteiger partial charge in [0.1, 0.15) is 0 Å². The van der Waals surface area contributed by atoms with Gasteiger partial charge < -0.3 is 0 Å². The van der Waals surface area contributed by atoms with Gasteiger partial charge in [-0.05, 0) is 0 Å². The Bertz CT molecular complexity index is 1750. The Hall–Kier alpha value is -3.38. The van der Waals surface area contributed by atoms with Crippen molar-refractivity contribution in [2.45, 2.75) is 43.5 Å². The summed E-state index contributed by atoms with van der Waals surface area (Å²) in [5.74, 6) is 8.08. The maximum absolute atomic E-state index is 6.59. The third-order valence-electron chi connectivity index (χ3n) is 6.98. The van der Waals surface area contributed by atoms with Crippen LogP contribution in [0.2, 0.25) is 17.3 Å². The molecule has 4 nitrogen and oxygen atoms in total. The summed E-state index contributed by atoms with van der Waals surface area (Å²) in [5.41, 5.74) is 6.72. The van der Waals surface area contributed by atoms with Crippen molar-refractivity contribution >= 4 is 50.8 Å². The quantitative estimate of drug-likeness (QED) is 0.218. The van der Waals surface area contributed by atoms with Gasteiger partial charge in [0.15, 0.2) is 0 Å². The Balaban J connectivity index is 1.66. The van der Waals surface area contributed by atoms with Crippen molar-refractivity contribution in [3.63, 3.8) is 0 Å². The van der Waals surface area contributed by atoms with E-state index in [9.17, 15) is 0 Å². The molecule has 0 N–H and O–H groups in total. The van der Waals surface area contributed by atoms with Crippen LogP contribution in [0.3, 0.4) is 0 Å². The normalized spacial score (nSPS) is 12.7. The number of benzene rings is 3. The number of fused-ring (bicyclic) bond motifs is 4. The van der Waals surface area contributed by atoms with Gasteiger partial charge in [-0.3, -0.25) is 0 Å². The number of furan rings is 1. The minimum atomic E-state index is -1.99. The van der Waals surface area contributed by atoms with Gasteiger partial charge in [-0.2, -0.15) is 0 Å². The van der Waals surface area contributed by atoms with Crippen molar-refractivity contribution < 1.29 is 4.42 Å². The maximum atomic E-state index is 6.59. The summed E-state index contributed by atoms with van der Waals surface area (Å²) in [7, 11) is 0. The zero-order valence-electron chi connectivity index (χ0n) is 21.8. The number of para-hydroxylation sites is 2. The molecule has 0 unspecified atom stereocenters. The molecule has 0 fully saturated rings. The minimum absolute atomic E-state index is 0.00807. The molecule has 0 aliphatic rings. The number of hydrogen-bond acceptors (Lipinski definition) is 3. The van der Waals surface area contributed by atoms with Crippen molar-refractivity contribution in [2.75, 3.05) is 0 Å². The average molecular weight is 534 g/mol. The molecular weight excluding hydrogens is 503 g/mol. The van der Waals surface area contributed by atoms with Crippen LogP contribution < -0.4 is 4.40 Å². The summed E-state index contributed by atoms with van der Waals surface area (Å²) in [4.78, 5) is 10.1. The summed E-state index contributed by atoms with van der Waals surface area (Å²) in [5, 5.41) is 2.27. The van der Waals surface area contributed by atoms with Gasteiger partial charge >= 0.3 is 194 Å². The molecule has 6 aromatic rings. The van der Waals surface area contributed by atoms with Crippen LogP contribution in [0.5, 0.6) is 0 Å². The fourth-order valence-corrected chi connectivity index (χ4v) is 7.23. The molecule has 36 heavy (non-hydrogen) atoms. The van der Waals surface area contributed by atoms with Crippen LogP contribution in [-0.4, -0.2) is 27.8 Å². The Labute approximate surface area is 214 Å². The Kier molecular flexibility index (Phi) is 5.17. The van der Waals surface area contributed by atoms with Gasteiger partial charge in [0.25, 0.3) is 0 Å².